The van der Waals surface area contributed by atoms with E-state index in [0.717, 1.165) is 5.56 Å². The standard InChI is InChI=1S/C22H27N3O6/c1-15-5-6-16(13-18(15)25(27)28)22(26)24-11-9-23(10-12-24)14-17-7-8-19(29-2)21(31-4)20(17)30-3/h5-8,13H,9-12,14H2,1-4H3. The molecule has 2 aromatic carbocycles. The lowest BCUT2D eigenvalue weighted by molar-refractivity contribution is -0.385. The Kier molecular flexibility index (Phi) is 6.96. The van der Waals surface area contributed by atoms with Gasteiger partial charge in [0, 0.05) is 55.5 Å². The number of ether oxygens (including phenoxy) is 3. The number of carbonyl (C=O) groups excluding carboxylic acids is 1. The van der Waals surface area contributed by atoms with Crippen LogP contribution in [0.25, 0.3) is 0 Å². The van der Waals surface area contributed by atoms with Crippen LogP contribution in [-0.2, 0) is 6.54 Å². The average molecular weight is 429 g/mol. The minimum Gasteiger partial charge on any atom is -0.493 e. The first kappa shape index (κ1) is 22.4. The van der Waals surface area contributed by atoms with Crippen molar-refractivity contribution in [1.29, 1.82) is 0 Å². The number of hydrogen-bond donors (Lipinski definition) is 0. The summed E-state index contributed by atoms with van der Waals surface area (Å²) in [5.41, 5.74) is 1.81. The predicted octanol–water partition coefficient (Wildman–Crippen LogP) is 2.89. The molecule has 1 heterocycles. The van der Waals surface area contributed by atoms with Gasteiger partial charge in [-0.25, -0.2) is 0 Å². The smallest absolute Gasteiger partial charge is 0.273 e. The molecule has 166 valence electrons. The Hall–Kier alpha value is -3.33. The highest BCUT2D eigenvalue weighted by molar-refractivity contribution is 5.95. The van der Waals surface area contributed by atoms with E-state index in [4.69, 9.17) is 14.2 Å². The first-order valence-electron chi connectivity index (χ1n) is 9.94. The van der Waals surface area contributed by atoms with E-state index in [2.05, 4.69) is 4.90 Å². The zero-order valence-corrected chi connectivity index (χ0v) is 18.2. The maximum absolute atomic E-state index is 12.8. The second-order valence-corrected chi connectivity index (χ2v) is 7.32. The Morgan fingerprint density at radius 3 is 2.26 bits per heavy atom. The van der Waals surface area contributed by atoms with Crippen LogP contribution in [0.4, 0.5) is 5.69 Å². The average Bonchev–Trinajstić information content (AvgIpc) is 2.78. The van der Waals surface area contributed by atoms with Crippen LogP contribution in [0.5, 0.6) is 17.2 Å². The molecule has 1 fully saturated rings. The highest BCUT2D eigenvalue weighted by Gasteiger charge is 2.25. The number of amides is 1. The number of nitro groups is 1. The largest absolute Gasteiger partial charge is 0.493 e. The molecule has 1 aliphatic rings. The number of methoxy groups -OCH3 is 3. The van der Waals surface area contributed by atoms with E-state index in [1.807, 2.05) is 12.1 Å². The Bertz CT molecular complexity index is 970. The van der Waals surface area contributed by atoms with Gasteiger partial charge in [-0.2, -0.15) is 0 Å². The van der Waals surface area contributed by atoms with Gasteiger partial charge in [0.15, 0.2) is 11.5 Å². The highest BCUT2D eigenvalue weighted by Crippen LogP contribution is 2.40. The van der Waals surface area contributed by atoms with E-state index in [-0.39, 0.29) is 11.6 Å². The Morgan fingerprint density at radius 2 is 1.68 bits per heavy atom. The van der Waals surface area contributed by atoms with Crippen molar-refractivity contribution in [3.63, 3.8) is 0 Å². The third-order valence-corrected chi connectivity index (χ3v) is 5.49. The van der Waals surface area contributed by atoms with E-state index >= 15 is 0 Å². The molecular weight excluding hydrogens is 402 g/mol. The molecule has 0 radical (unpaired) electrons. The van der Waals surface area contributed by atoms with Gasteiger partial charge >= 0.3 is 0 Å². The fraction of sp³-hybridized carbons (Fsp3) is 0.409. The van der Waals surface area contributed by atoms with Crippen LogP contribution in [0.15, 0.2) is 30.3 Å². The van der Waals surface area contributed by atoms with Crippen LogP contribution in [0.2, 0.25) is 0 Å². The van der Waals surface area contributed by atoms with Gasteiger partial charge in [-0.1, -0.05) is 12.1 Å². The number of rotatable bonds is 7. The fourth-order valence-corrected chi connectivity index (χ4v) is 3.76. The summed E-state index contributed by atoms with van der Waals surface area (Å²) in [5.74, 6) is 1.60. The van der Waals surface area contributed by atoms with Crippen molar-refractivity contribution in [3.8, 4) is 17.2 Å². The Labute approximate surface area is 181 Å². The minimum absolute atomic E-state index is 0.0370. The molecule has 0 aliphatic carbocycles. The zero-order chi connectivity index (χ0) is 22.5. The van der Waals surface area contributed by atoms with E-state index < -0.39 is 4.92 Å². The van der Waals surface area contributed by atoms with Crippen LogP contribution in [0.3, 0.4) is 0 Å². The summed E-state index contributed by atoms with van der Waals surface area (Å²) in [4.78, 5) is 27.5. The molecule has 1 amide bonds. The van der Waals surface area contributed by atoms with Gasteiger partial charge < -0.3 is 19.1 Å². The quantitative estimate of drug-likeness (QED) is 0.493. The maximum atomic E-state index is 12.8. The number of nitrogens with zero attached hydrogens (tertiary/aromatic N) is 3. The molecule has 0 bridgehead atoms. The third kappa shape index (κ3) is 4.72. The van der Waals surface area contributed by atoms with Crippen LogP contribution < -0.4 is 14.2 Å². The van der Waals surface area contributed by atoms with Crippen LogP contribution in [-0.4, -0.2) is 68.1 Å². The summed E-state index contributed by atoms with van der Waals surface area (Å²) in [5, 5.41) is 11.2. The molecule has 9 nitrogen and oxygen atoms in total. The monoisotopic (exact) mass is 429 g/mol. The van der Waals surface area contributed by atoms with Crippen molar-refractivity contribution in [2.75, 3.05) is 47.5 Å². The summed E-state index contributed by atoms with van der Waals surface area (Å²) in [6.45, 7) is 4.73. The van der Waals surface area contributed by atoms with Gasteiger partial charge in [0.2, 0.25) is 5.75 Å². The second-order valence-electron chi connectivity index (χ2n) is 7.32. The zero-order valence-electron chi connectivity index (χ0n) is 18.2. The molecule has 31 heavy (non-hydrogen) atoms. The number of piperazine rings is 1. The molecule has 1 saturated heterocycles. The highest BCUT2D eigenvalue weighted by atomic mass is 16.6. The van der Waals surface area contributed by atoms with Crippen molar-refractivity contribution >= 4 is 11.6 Å². The van der Waals surface area contributed by atoms with Crippen molar-refractivity contribution in [2.24, 2.45) is 0 Å². The summed E-state index contributed by atoms with van der Waals surface area (Å²) in [6.07, 6.45) is 0. The van der Waals surface area contributed by atoms with E-state index in [1.54, 1.807) is 45.3 Å². The molecule has 1 aliphatic heterocycles. The predicted molar refractivity (Wildman–Crippen MR) is 115 cm³/mol. The lowest BCUT2D eigenvalue weighted by Gasteiger charge is -2.35. The molecule has 0 spiro atoms. The van der Waals surface area contributed by atoms with Crippen LogP contribution in [0.1, 0.15) is 21.5 Å². The first-order chi connectivity index (χ1) is 14.9. The molecule has 0 aromatic heterocycles. The molecule has 0 atom stereocenters. The summed E-state index contributed by atoms with van der Waals surface area (Å²) < 4.78 is 16.3. The molecule has 9 heteroatoms. The normalized spacial score (nSPS) is 14.3. The van der Waals surface area contributed by atoms with Gasteiger partial charge in [0.25, 0.3) is 11.6 Å². The van der Waals surface area contributed by atoms with Crippen LogP contribution >= 0.6 is 0 Å². The molecule has 2 aromatic rings. The first-order valence-corrected chi connectivity index (χ1v) is 9.94. The van der Waals surface area contributed by atoms with Crippen molar-refractivity contribution in [2.45, 2.75) is 13.5 Å². The van der Waals surface area contributed by atoms with Gasteiger partial charge in [0.1, 0.15) is 0 Å². The van der Waals surface area contributed by atoms with E-state index in [0.29, 0.717) is 61.1 Å². The number of hydrogen-bond acceptors (Lipinski definition) is 7. The fourth-order valence-electron chi connectivity index (χ4n) is 3.76. The molecule has 3 rings (SSSR count). The van der Waals surface area contributed by atoms with E-state index in [1.165, 1.54) is 6.07 Å². The number of carbonyl (C=O) groups is 1. The Morgan fingerprint density at radius 1 is 1.00 bits per heavy atom. The number of aryl methyl sites for hydroxylation is 1. The van der Waals surface area contributed by atoms with Gasteiger partial charge in [-0.05, 0) is 19.1 Å². The molecular formula is C22H27N3O6. The lowest BCUT2D eigenvalue weighted by atomic mass is 10.1. The van der Waals surface area contributed by atoms with Crippen molar-refractivity contribution < 1.29 is 23.9 Å². The maximum Gasteiger partial charge on any atom is 0.273 e. The SMILES string of the molecule is COc1ccc(CN2CCN(C(=O)c3ccc(C)c([N+](=O)[O-])c3)CC2)c(OC)c1OC. The van der Waals surface area contributed by atoms with Gasteiger partial charge in [-0.3, -0.25) is 19.8 Å². The Balaban J connectivity index is 1.67. The van der Waals surface area contributed by atoms with E-state index in [9.17, 15) is 14.9 Å². The molecule has 0 saturated carbocycles. The molecule has 0 unspecified atom stereocenters. The van der Waals surface area contributed by atoms with Crippen molar-refractivity contribution in [3.05, 3.63) is 57.1 Å². The second kappa shape index (κ2) is 9.65. The summed E-state index contributed by atoms with van der Waals surface area (Å²) in [7, 11) is 4.75. The third-order valence-electron chi connectivity index (χ3n) is 5.49. The molecule has 0 N–H and O–H groups in total. The summed E-state index contributed by atoms with van der Waals surface area (Å²) in [6, 6.07) is 8.42. The van der Waals surface area contributed by atoms with Crippen LogP contribution in [0, 0.1) is 17.0 Å². The summed E-state index contributed by atoms with van der Waals surface area (Å²) >= 11 is 0. The number of nitro benzene ring substituents is 1. The van der Waals surface area contributed by atoms with Gasteiger partial charge in [0.05, 0.1) is 26.3 Å². The topological polar surface area (TPSA) is 94.4 Å². The van der Waals surface area contributed by atoms with Crippen molar-refractivity contribution in [1.82, 2.24) is 9.80 Å². The lowest BCUT2D eigenvalue weighted by Crippen LogP contribution is -2.48. The minimum atomic E-state index is -0.458. The van der Waals surface area contributed by atoms with Gasteiger partial charge in [-0.15, -0.1) is 0 Å². The number of benzene rings is 2.